The summed E-state index contributed by atoms with van der Waals surface area (Å²) in [6, 6.07) is 7.71. The fraction of sp³-hybridized carbons (Fsp3) is 0.0714. The molecule has 2 rings (SSSR count). The van der Waals surface area contributed by atoms with Crippen molar-refractivity contribution in [3.63, 3.8) is 0 Å². The molecule has 0 aliphatic rings. The molecule has 1 nitrogen and oxygen atoms in total. The molecule has 0 saturated carbocycles. The van der Waals surface area contributed by atoms with Gasteiger partial charge in [-0.05, 0) is 43.3 Å². The summed E-state index contributed by atoms with van der Waals surface area (Å²) in [4.78, 5) is 11.3. The van der Waals surface area contributed by atoms with Gasteiger partial charge in [0.2, 0.25) is 0 Å². The van der Waals surface area contributed by atoms with Crippen molar-refractivity contribution in [2.45, 2.75) is 6.92 Å². The number of Topliss-reactive ketones (excluding diaryl/α,β-unsaturated/α-hetero) is 1. The predicted octanol–water partition coefficient (Wildman–Crippen LogP) is 4.49. The highest BCUT2D eigenvalue weighted by Gasteiger charge is 2.12. The van der Waals surface area contributed by atoms with Gasteiger partial charge in [0.25, 0.3) is 0 Å². The molecule has 2 aromatic carbocycles. The molecule has 0 unspecified atom stereocenters. The maximum atomic E-state index is 13.7. The first kappa shape index (κ1) is 12.7. The van der Waals surface area contributed by atoms with E-state index in [4.69, 9.17) is 11.6 Å². The van der Waals surface area contributed by atoms with Gasteiger partial charge in [-0.25, -0.2) is 8.78 Å². The minimum absolute atomic E-state index is 0.106. The number of rotatable bonds is 2. The van der Waals surface area contributed by atoms with E-state index >= 15 is 0 Å². The second kappa shape index (κ2) is 4.86. The molecule has 2 aromatic rings. The third kappa shape index (κ3) is 2.41. The van der Waals surface area contributed by atoms with E-state index in [0.29, 0.717) is 11.1 Å². The summed E-state index contributed by atoms with van der Waals surface area (Å²) in [6.45, 7) is 1.39. The summed E-state index contributed by atoms with van der Waals surface area (Å²) in [7, 11) is 0. The van der Waals surface area contributed by atoms with Crippen LogP contribution >= 0.6 is 11.6 Å². The quantitative estimate of drug-likeness (QED) is 0.732. The summed E-state index contributed by atoms with van der Waals surface area (Å²) in [5.41, 5.74) is 0.929. The average molecular weight is 267 g/mol. The predicted molar refractivity (Wildman–Crippen MR) is 66.8 cm³/mol. The molecule has 0 aromatic heterocycles. The van der Waals surface area contributed by atoms with E-state index in [9.17, 15) is 13.6 Å². The number of carbonyl (C=O) groups excluding carboxylic acids is 1. The lowest BCUT2D eigenvalue weighted by Crippen LogP contribution is -1.95. The van der Waals surface area contributed by atoms with Crippen molar-refractivity contribution in [1.82, 2.24) is 0 Å². The van der Waals surface area contributed by atoms with Crippen molar-refractivity contribution >= 4 is 17.4 Å². The van der Waals surface area contributed by atoms with Gasteiger partial charge in [0.15, 0.2) is 5.78 Å². The molecule has 0 aliphatic heterocycles. The summed E-state index contributed by atoms with van der Waals surface area (Å²) < 4.78 is 26.7. The fourth-order valence-corrected chi connectivity index (χ4v) is 1.93. The van der Waals surface area contributed by atoms with Crippen LogP contribution in [0.3, 0.4) is 0 Å². The number of hydrogen-bond acceptors (Lipinski definition) is 1. The highest BCUT2D eigenvalue weighted by atomic mass is 35.5. The Morgan fingerprint density at radius 2 is 1.78 bits per heavy atom. The van der Waals surface area contributed by atoms with Gasteiger partial charge in [-0.2, -0.15) is 0 Å². The third-order valence-electron chi connectivity index (χ3n) is 2.59. The topological polar surface area (TPSA) is 17.1 Å². The van der Waals surface area contributed by atoms with E-state index in [2.05, 4.69) is 0 Å². The average Bonchev–Trinajstić information content (AvgIpc) is 2.30. The molecular formula is C14H9ClF2O. The number of carbonyl (C=O) groups is 1. The summed E-state index contributed by atoms with van der Waals surface area (Å²) in [5.74, 6) is -1.17. The smallest absolute Gasteiger partial charge is 0.159 e. The van der Waals surface area contributed by atoms with Crippen LogP contribution in [0.4, 0.5) is 8.78 Å². The Morgan fingerprint density at radius 3 is 2.39 bits per heavy atom. The Balaban J connectivity index is 2.62. The van der Waals surface area contributed by atoms with Crippen LogP contribution in [0.1, 0.15) is 17.3 Å². The SMILES string of the molecule is CC(=O)c1ccc(F)c(-c2ccc(F)cc2Cl)c1. The summed E-state index contributed by atoms with van der Waals surface area (Å²) in [6.07, 6.45) is 0. The largest absolute Gasteiger partial charge is 0.295 e. The Bertz CT molecular complexity index is 623. The van der Waals surface area contributed by atoms with Crippen LogP contribution in [0.5, 0.6) is 0 Å². The zero-order chi connectivity index (χ0) is 13.3. The normalized spacial score (nSPS) is 10.4. The van der Waals surface area contributed by atoms with Crippen molar-refractivity contribution in [1.29, 1.82) is 0 Å². The van der Waals surface area contributed by atoms with E-state index in [1.54, 1.807) is 0 Å². The van der Waals surface area contributed by atoms with Gasteiger partial charge in [0, 0.05) is 16.7 Å². The summed E-state index contributed by atoms with van der Waals surface area (Å²) in [5, 5.41) is 0.106. The Kier molecular flexibility index (Phi) is 3.43. The standard InChI is InChI=1S/C14H9ClF2O/c1-8(18)9-2-5-14(17)12(6-9)11-4-3-10(16)7-13(11)15/h2-7H,1H3. The molecule has 0 atom stereocenters. The lowest BCUT2D eigenvalue weighted by Gasteiger charge is -2.07. The third-order valence-corrected chi connectivity index (χ3v) is 2.91. The summed E-state index contributed by atoms with van der Waals surface area (Å²) >= 11 is 5.88. The molecule has 0 aliphatic carbocycles. The Hall–Kier alpha value is -1.74. The van der Waals surface area contributed by atoms with Gasteiger partial charge in [-0.15, -0.1) is 0 Å². The van der Waals surface area contributed by atoms with Gasteiger partial charge in [0.1, 0.15) is 11.6 Å². The van der Waals surface area contributed by atoms with Crippen LogP contribution in [0.25, 0.3) is 11.1 Å². The van der Waals surface area contributed by atoms with E-state index in [-0.39, 0.29) is 16.4 Å². The first-order chi connectivity index (χ1) is 8.49. The number of hydrogen-bond donors (Lipinski definition) is 0. The Labute approximate surface area is 108 Å². The van der Waals surface area contributed by atoms with Crippen LogP contribution in [0, 0.1) is 11.6 Å². The van der Waals surface area contributed by atoms with E-state index in [0.717, 1.165) is 6.07 Å². The van der Waals surface area contributed by atoms with Gasteiger partial charge in [-0.3, -0.25) is 4.79 Å². The zero-order valence-corrected chi connectivity index (χ0v) is 10.3. The van der Waals surface area contributed by atoms with E-state index in [1.807, 2.05) is 0 Å². The minimum atomic E-state index is -0.506. The number of ketones is 1. The Morgan fingerprint density at radius 1 is 1.06 bits per heavy atom. The van der Waals surface area contributed by atoms with Gasteiger partial charge >= 0.3 is 0 Å². The second-order valence-electron chi connectivity index (χ2n) is 3.87. The molecule has 92 valence electrons. The zero-order valence-electron chi connectivity index (χ0n) is 9.51. The van der Waals surface area contributed by atoms with Crippen molar-refractivity contribution < 1.29 is 13.6 Å². The van der Waals surface area contributed by atoms with Crippen molar-refractivity contribution in [3.8, 4) is 11.1 Å². The number of benzene rings is 2. The molecule has 4 heteroatoms. The number of halogens is 3. The second-order valence-corrected chi connectivity index (χ2v) is 4.28. The van der Waals surface area contributed by atoms with E-state index < -0.39 is 11.6 Å². The van der Waals surface area contributed by atoms with Crippen LogP contribution in [0.2, 0.25) is 5.02 Å². The molecule has 0 N–H and O–H groups in total. The minimum Gasteiger partial charge on any atom is -0.295 e. The van der Waals surface area contributed by atoms with Crippen LogP contribution < -0.4 is 0 Å². The van der Waals surface area contributed by atoms with Crippen LogP contribution in [-0.4, -0.2) is 5.78 Å². The molecule has 0 saturated heterocycles. The molecule has 0 amide bonds. The van der Waals surface area contributed by atoms with Crippen LogP contribution in [0.15, 0.2) is 36.4 Å². The van der Waals surface area contributed by atoms with Gasteiger partial charge < -0.3 is 0 Å². The monoisotopic (exact) mass is 266 g/mol. The first-order valence-electron chi connectivity index (χ1n) is 5.25. The van der Waals surface area contributed by atoms with Gasteiger partial charge in [-0.1, -0.05) is 11.6 Å². The molecule has 0 bridgehead atoms. The highest BCUT2D eigenvalue weighted by molar-refractivity contribution is 6.33. The fourth-order valence-electron chi connectivity index (χ4n) is 1.66. The van der Waals surface area contributed by atoms with E-state index in [1.165, 1.54) is 37.3 Å². The maximum Gasteiger partial charge on any atom is 0.159 e. The first-order valence-corrected chi connectivity index (χ1v) is 5.63. The van der Waals surface area contributed by atoms with Crippen molar-refractivity contribution in [2.75, 3.05) is 0 Å². The lowest BCUT2D eigenvalue weighted by molar-refractivity contribution is 0.101. The molecule has 0 spiro atoms. The van der Waals surface area contributed by atoms with Crippen molar-refractivity contribution in [2.24, 2.45) is 0 Å². The molecule has 0 radical (unpaired) electrons. The van der Waals surface area contributed by atoms with Crippen LogP contribution in [-0.2, 0) is 0 Å². The molecule has 0 heterocycles. The highest BCUT2D eigenvalue weighted by Crippen LogP contribution is 2.31. The molecule has 18 heavy (non-hydrogen) atoms. The maximum absolute atomic E-state index is 13.7. The molecular weight excluding hydrogens is 258 g/mol. The van der Waals surface area contributed by atoms with Gasteiger partial charge in [0.05, 0.1) is 5.02 Å². The van der Waals surface area contributed by atoms with Crippen molar-refractivity contribution in [3.05, 3.63) is 58.6 Å². The lowest BCUT2D eigenvalue weighted by atomic mass is 10.0. The molecule has 0 fully saturated rings.